The molecule has 0 atom stereocenters. The van der Waals surface area contributed by atoms with Gasteiger partial charge < -0.3 is 0 Å². The fourth-order valence-corrected chi connectivity index (χ4v) is 3.08. The van der Waals surface area contributed by atoms with Crippen LogP contribution in [0.15, 0.2) is 12.2 Å². The van der Waals surface area contributed by atoms with Crippen LogP contribution < -0.4 is 0 Å². The predicted molar refractivity (Wildman–Crippen MR) is 53.1 cm³/mol. The first kappa shape index (κ1) is 8.34. The molecule has 2 aliphatic rings. The summed E-state index contributed by atoms with van der Waals surface area (Å²) in [6, 6.07) is 0. The van der Waals surface area contributed by atoms with Crippen LogP contribution in [-0.2, 0) is 0 Å². The van der Waals surface area contributed by atoms with E-state index in [0.29, 0.717) is 5.41 Å². The summed E-state index contributed by atoms with van der Waals surface area (Å²) in [6.45, 7) is 4.29. The Labute approximate surface area is 76.1 Å². The summed E-state index contributed by atoms with van der Waals surface area (Å²) in [5, 5.41) is 0. The van der Waals surface area contributed by atoms with Gasteiger partial charge in [-0.05, 0) is 37.5 Å². The summed E-state index contributed by atoms with van der Waals surface area (Å²) in [5.41, 5.74) is 2.21. The normalized spacial score (nSPS) is 29.2. The topological polar surface area (TPSA) is 0 Å². The standard InChI is InChI=1S/C12H20/c1-11-7-3-6-10-12(11)8-4-2-5-9-12/h1-10H2. The second-order valence-electron chi connectivity index (χ2n) is 4.65. The largest absolute Gasteiger partial charge is 0.0993 e. The van der Waals surface area contributed by atoms with Crippen molar-refractivity contribution in [2.24, 2.45) is 5.41 Å². The zero-order valence-corrected chi connectivity index (χ0v) is 8.07. The third-order valence-corrected chi connectivity index (χ3v) is 3.94. The van der Waals surface area contributed by atoms with E-state index in [1.807, 2.05) is 0 Å². The Kier molecular flexibility index (Phi) is 2.25. The van der Waals surface area contributed by atoms with Crippen LogP contribution in [0.3, 0.4) is 0 Å². The van der Waals surface area contributed by atoms with E-state index in [-0.39, 0.29) is 0 Å². The Morgan fingerprint density at radius 2 is 1.42 bits per heavy atom. The Hall–Kier alpha value is -0.260. The second-order valence-corrected chi connectivity index (χ2v) is 4.65. The van der Waals surface area contributed by atoms with Crippen molar-refractivity contribution in [2.75, 3.05) is 0 Å². The average molecular weight is 164 g/mol. The van der Waals surface area contributed by atoms with E-state index >= 15 is 0 Å². The maximum absolute atomic E-state index is 4.29. The second kappa shape index (κ2) is 3.24. The van der Waals surface area contributed by atoms with Crippen LogP contribution in [0.2, 0.25) is 0 Å². The van der Waals surface area contributed by atoms with Gasteiger partial charge in [-0.1, -0.05) is 37.8 Å². The number of rotatable bonds is 0. The van der Waals surface area contributed by atoms with Crippen LogP contribution in [0.1, 0.15) is 57.8 Å². The van der Waals surface area contributed by atoms with Crippen molar-refractivity contribution < 1.29 is 0 Å². The summed E-state index contributed by atoms with van der Waals surface area (Å²) < 4.78 is 0. The Bertz CT molecular complexity index is 164. The molecule has 0 aliphatic heterocycles. The maximum atomic E-state index is 4.29. The van der Waals surface area contributed by atoms with E-state index in [1.165, 1.54) is 57.8 Å². The fourth-order valence-electron chi connectivity index (χ4n) is 3.08. The van der Waals surface area contributed by atoms with Gasteiger partial charge >= 0.3 is 0 Å². The van der Waals surface area contributed by atoms with Crippen LogP contribution in [0.25, 0.3) is 0 Å². The molecule has 2 aliphatic carbocycles. The van der Waals surface area contributed by atoms with Gasteiger partial charge in [0, 0.05) is 0 Å². The lowest BCUT2D eigenvalue weighted by atomic mass is 9.63. The first-order valence-electron chi connectivity index (χ1n) is 5.52. The minimum absolute atomic E-state index is 0.622. The van der Waals surface area contributed by atoms with Crippen molar-refractivity contribution in [3.8, 4) is 0 Å². The molecular weight excluding hydrogens is 144 g/mol. The fraction of sp³-hybridized carbons (Fsp3) is 0.833. The summed E-state index contributed by atoms with van der Waals surface area (Å²) in [7, 11) is 0. The summed E-state index contributed by atoms with van der Waals surface area (Å²) >= 11 is 0. The molecule has 0 aromatic rings. The molecule has 0 radical (unpaired) electrons. The molecule has 0 saturated heterocycles. The first-order chi connectivity index (χ1) is 5.83. The molecule has 1 spiro atoms. The molecule has 0 N–H and O–H groups in total. The molecule has 2 saturated carbocycles. The van der Waals surface area contributed by atoms with Gasteiger partial charge in [-0.25, -0.2) is 0 Å². The van der Waals surface area contributed by atoms with E-state index in [2.05, 4.69) is 6.58 Å². The van der Waals surface area contributed by atoms with Crippen LogP contribution in [-0.4, -0.2) is 0 Å². The lowest BCUT2D eigenvalue weighted by Gasteiger charge is -2.42. The maximum Gasteiger partial charge on any atom is -0.00908 e. The smallest absolute Gasteiger partial charge is 0.00908 e. The molecule has 0 heterocycles. The molecule has 68 valence electrons. The van der Waals surface area contributed by atoms with E-state index in [0.717, 1.165) is 0 Å². The first-order valence-corrected chi connectivity index (χ1v) is 5.52. The van der Waals surface area contributed by atoms with Crippen molar-refractivity contribution in [1.82, 2.24) is 0 Å². The summed E-state index contributed by atoms with van der Waals surface area (Å²) in [4.78, 5) is 0. The molecule has 0 bridgehead atoms. The average Bonchev–Trinajstić information content (AvgIpc) is 2.12. The number of hydrogen-bond acceptors (Lipinski definition) is 0. The van der Waals surface area contributed by atoms with Crippen molar-refractivity contribution in [3.63, 3.8) is 0 Å². The zero-order valence-electron chi connectivity index (χ0n) is 8.07. The molecule has 0 heteroatoms. The minimum atomic E-state index is 0.622. The molecule has 0 nitrogen and oxygen atoms in total. The van der Waals surface area contributed by atoms with Crippen LogP contribution in [0, 0.1) is 5.41 Å². The summed E-state index contributed by atoms with van der Waals surface area (Å²) in [5.74, 6) is 0. The van der Waals surface area contributed by atoms with Crippen molar-refractivity contribution in [1.29, 1.82) is 0 Å². The SMILES string of the molecule is C=C1CCCCC12CCCCC2. The third-order valence-electron chi connectivity index (χ3n) is 3.94. The van der Waals surface area contributed by atoms with Crippen LogP contribution in [0.4, 0.5) is 0 Å². The highest BCUT2D eigenvalue weighted by Gasteiger charge is 2.35. The molecular formula is C12H20. The molecule has 2 rings (SSSR count). The molecule has 12 heavy (non-hydrogen) atoms. The quantitative estimate of drug-likeness (QED) is 0.473. The van der Waals surface area contributed by atoms with Crippen LogP contribution in [0.5, 0.6) is 0 Å². The third kappa shape index (κ3) is 1.32. The minimum Gasteiger partial charge on any atom is -0.0993 e. The number of hydrogen-bond donors (Lipinski definition) is 0. The van der Waals surface area contributed by atoms with Crippen molar-refractivity contribution in [3.05, 3.63) is 12.2 Å². The lowest BCUT2D eigenvalue weighted by Crippen LogP contribution is -2.28. The van der Waals surface area contributed by atoms with Crippen LogP contribution >= 0.6 is 0 Å². The molecule has 0 amide bonds. The molecule has 0 aromatic heterocycles. The lowest BCUT2D eigenvalue weighted by molar-refractivity contribution is 0.190. The highest BCUT2D eigenvalue weighted by atomic mass is 14.4. The molecule has 0 unspecified atom stereocenters. The van der Waals surface area contributed by atoms with Gasteiger partial charge in [0.05, 0.1) is 0 Å². The Morgan fingerprint density at radius 3 is 2.00 bits per heavy atom. The van der Waals surface area contributed by atoms with E-state index in [1.54, 1.807) is 5.57 Å². The highest BCUT2D eigenvalue weighted by molar-refractivity contribution is 5.13. The van der Waals surface area contributed by atoms with Crippen molar-refractivity contribution >= 4 is 0 Å². The number of allylic oxidation sites excluding steroid dienone is 1. The zero-order chi connectivity index (χ0) is 8.44. The van der Waals surface area contributed by atoms with E-state index in [9.17, 15) is 0 Å². The van der Waals surface area contributed by atoms with Crippen molar-refractivity contribution in [2.45, 2.75) is 57.8 Å². The van der Waals surface area contributed by atoms with E-state index in [4.69, 9.17) is 0 Å². The summed E-state index contributed by atoms with van der Waals surface area (Å²) in [6.07, 6.45) is 12.9. The predicted octanol–water partition coefficient (Wildman–Crippen LogP) is 4.07. The molecule has 2 fully saturated rings. The van der Waals surface area contributed by atoms with Gasteiger partial charge in [0.2, 0.25) is 0 Å². The van der Waals surface area contributed by atoms with Gasteiger partial charge in [0.15, 0.2) is 0 Å². The van der Waals surface area contributed by atoms with Gasteiger partial charge in [0.1, 0.15) is 0 Å². The van der Waals surface area contributed by atoms with Gasteiger partial charge in [-0.3, -0.25) is 0 Å². The van der Waals surface area contributed by atoms with Gasteiger partial charge in [-0.15, -0.1) is 0 Å². The monoisotopic (exact) mass is 164 g/mol. The highest BCUT2D eigenvalue weighted by Crippen LogP contribution is 2.49. The Balaban J connectivity index is 2.09. The van der Waals surface area contributed by atoms with E-state index < -0.39 is 0 Å². The van der Waals surface area contributed by atoms with Gasteiger partial charge in [0.25, 0.3) is 0 Å². The molecule has 0 aromatic carbocycles. The Morgan fingerprint density at radius 1 is 0.833 bits per heavy atom. The van der Waals surface area contributed by atoms with Gasteiger partial charge in [-0.2, -0.15) is 0 Å².